The van der Waals surface area contributed by atoms with Crippen LogP contribution in [0.25, 0.3) is 0 Å². The number of ether oxygens (including phenoxy) is 1. The SMILES string of the molecule is CN1CC(c2ccccc2)C2(CCCN(C(=O)[C@@H](CCOc3ccccc3)NC(=O)C(C)(C)N)C2)C1=O. The largest absolute Gasteiger partial charge is 0.494 e. The van der Waals surface area contributed by atoms with Crippen LogP contribution in [0.3, 0.4) is 0 Å². The number of nitrogens with two attached hydrogens (primary N) is 1. The first kappa shape index (κ1) is 26.7. The van der Waals surface area contributed by atoms with Gasteiger partial charge in [-0.2, -0.15) is 0 Å². The lowest BCUT2D eigenvalue weighted by Gasteiger charge is -2.43. The molecule has 37 heavy (non-hydrogen) atoms. The molecule has 0 aliphatic carbocycles. The highest BCUT2D eigenvalue weighted by atomic mass is 16.5. The van der Waals surface area contributed by atoms with E-state index in [0.29, 0.717) is 25.4 Å². The summed E-state index contributed by atoms with van der Waals surface area (Å²) >= 11 is 0. The smallest absolute Gasteiger partial charge is 0.245 e. The number of piperidine rings is 1. The van der Waals surface area contributed by atoms with Crippen molar-refractivity contribution in [1.29, 1.82) is 0 Å². The monoisotopic (exact) mass is 506 g/mol. The summed E-state index contributed by atoms with van der Waals surface area (Å²) in [6, 6.07) is 18.6. The molecule has 2 unspecified atom stereocenters. The van der Waals surface area contributed by atoms with Gasteiger partial charge in [0.2, 0.25) is 17.7 Å². The predicted octanol–water partition coefficient (Wildman–Crippen LogP) is 2.54. The summed E-state index contributed by atoms with van der Waals surface area (Å²) in [6.07, 6.45) is 1.73. The van der Waals surface area contributed by atoms with Crippen LogP contribution in [0.5, 0.6) is 5.75 Å². The number of benzene rings is 2. The highest BCUT2D eigenvalue weighted by Crippen LogP contribution is 2.49. The van der Waals surface area contributed by atoms with E-state index in [4.69, 9.17) is 10.5 Å². The van der Waals surface area contributed by atoms with Crippen molar-refractivity contribution in [2.75, 3.05) is 33.3 Å². The fraction of sp³-hybridized carbons (Fsp3) is 0.483. The Morgan fingerprint density at radius 1 is 1.14 bits per heavy atom. The Labute approximate surface area is 219 Å². The summed E-state index contributed by atoms with van der Waals surface area (Å²) in [4.78, 5) is 43.7. The van der Waals surface area contributed by atoms with Crippen molar-refractivity contribution in [2.45, 2.75) is 50.6 Å². The van der Waals surface area contributed by atoms with Crippen LogP contribution in [-0.2, 0) is 14.4 Å². The molecule has 8 nitrogen and oxygen atoms in total. The van der Waals surface area contributed by atoms with Crippen molar-refractivity contribution >= 4 is 17.7 Å². The third kappa shape index (κ3) is 5.80. The highest BCUT2D eigenvalue weighted by Gasteiger charge is 2.55. The van der Waals surface area contributed by atoms with E-state index in [1.807, 2.05) is 55.6 Å². The molecule has 3 amide bonds. The lowest BCUT2D eigenvalue weighted by atomic mass is 9.69. The van der Waals surface area contributed by atoms with Gasteiger partial charge in [-0.3, -0.25) is 14.4 Å². The molecule has 2 aliphatic heterocycles. The molecule has 2 heterocycles. The van der Waals surface area contributed by atoms with E-state index in [2.05, 4.69) is 17.4 Å². The average molecular weight is 507 g/mol. The lowest BCUT2D eigenvalue weighted by Crippen LogP contribution is -2.59. The van der Waals surface area contributed by atoms with E-state index in [1.54, 1.807) is 23.6 Å². The Bertz CT molecular complexity index is 1100. The zero-order chi connectivity index (χ0) is 26.6. The fourth-order valence-electron chi connectivity index (χ4n) is 5.53. The maximum Gasteiger partial charge on any atom is 0.245 e. The van der Waals surface area contributed by atoms with Gasteiger partial charge in [-0.05, 0) is 44.4 Å². The van der Waals surface area contributed by atoms with Crippen LogP contribution in [0.15, 0.2) is 60.7 Å². The number of rotatable bonds is 8. The molecule has 0 saturated carbocycles. The van der Waals surface area contributed by atoms with E-state index in [-0.39, 0.29) is 30.8 Å². The number of amides is 3. The number of carbonyl (C=O) groups is 3. The van der Waals surface area contributed by atoms with Gasteiger partial charge < -0.3 is 25.6 Å². The van der Waals surface area contributed by atoms with Gasteiger partial charge in [-0.15, -0.1) is 0 Å². The van der Waals surface area contributed by atoms with E-state index >= 15 is 0 Å². The molecule has 0 radical (unpaired) electrons. The normalized spacial score (nSPS) is 22.7. The summed E-state index contributed by atoms with van der Waals surface area (Å²) in [5, 5.41) is 2.85. The van der Waals surface area contributed by atoms with Crippen LogP contribution in [0.2, 0.25) is 0 Å². The van der Waals surface area contributed by atoms with Crippen molar-refractivity contribution in [3.63, 3.8) is 0 Å². The summed E-state index contributed by atoms with van der Waals surface area (Å²) < 4.78 is 5.83. The van der Waals surface area contributed by atoms with Crippen LogP contribution < -0.4 is 15.8 Å². The molecule has 0 bridgehead atoms. The van der Waals surface area contributed by atoms with E-state index < -0.39 is 22.9 Å². The standard InChI is InChI=1S/C29H38N4O4/c1-28(2,30)26(35)31-24(15-18-37-22-13-8-5-9-14-22)25(34)33-17-10-16-29(20-33)23(19-32(3)27(29)36)21-11-6-4-7-12-21/h4-9,11-14,23-24H,10,15-20,30H2,1-3H3,(H,31,35)/t23?,24-,29?/m1/s1. The Kier molecular flexibility index (Phi) is 7.87. The van der Waals surface area contributed by atoms with Gasteiger partial charge in [0, 0.05) is 39.0 Å². The van der Waals surface area contributed by atoms with Gasteiger partial charge in [0.25, 0.3) is 0 Å². The zero-order valence-corrected chi connectivity index (χ0v) is 22.0. The highest BCUT2D eigenvalue weighted by molar-refractivity contribution is 5.92. The van der Waals surface area contributed by atoms with Crippen LogP contribution in [0, 0.1) is 5.41 Å². The maximum atomic E-state index is 13.9. The minimum atomic E-state index is -1.13. The first-order valence-corrected chi connectivity index (χ1v) is 13.0. The predicted molar refractivity (Wildman–Crippen MR) is 142 cm³/mol. The van der Waals surface area contributed by atoms with Crippen LogP contribution in [0.1, 0.15) is 44.6 Å². The van der Waals surface area contributed by atoms with Crippen molar-refractivity contribution < 1.29 is 19.1 Å². The number of likely N-dealkylation sites (tertiary alicyclic amines) is 2. The fourth-order valence-corrected chi connectivity index (χ4v) is 5.53. The quantitative estimate of drug-likeness (QED) is 0.573. The molecule has 1 spiro atoms. The molecular weight excluding hydrogens is 468 g/mol. The van der Waals surface area contributed by atoms with Gasteiger partial charge in [0.15, 0.2) is 0 Å². The van der Waals surface area contributed by atoms with E-state index in [0.717, 1.165) is 18.4 Å². The number of nitrogens with one attached hydrogen (secondary N) is 1. The second-order valence-corrected chi connectivity index (χ2v) is 10.9. The van der Waals surface area contributed by atoms with Crippen molar-refractivity contribution in [3.05, 3.63) is 66.2 Å². The number of carbonyl (C=O) groups excluding carboxylic acids is 3. The first-order valence-electron chi connectivity index (χ1n) is 13.0. The summed E-state index contributed by atoms with van der Waals surface area (Å²) in [6.45, 7) is 4.95. The first-order chi connectivity index (χ1) is 17.6. The maximum absolute atomic E-state index is 13.9. The second-order valence-electron chi connectivity index (χ2n) is 10.9. The minimum Gasteiger partial charge on any atom is -0.494 e. The Balaban J connectivity index is 1.54. The lowest BCUT2D eigenvalue weighted by molar-refractivity contribution is -0.146. The molecule has 198 valence electrons. The molecule has 2 fully saturated rings. The second kappa shape index (κ2) is 10.9. The molecular formula is C29H38N4O4. The molecule has 2 saturated heterocycles. The van der Waals surface area contributed by atoms with Gasteiger partial charge in [-0.25, -0.2) is 0 Å². The molecule has 2 aliphatic rings. The molecule has 2 aromatic carbocycles. The van der Waals surface area contributed by atoms with Gasteiger partial charge in [0.1, 0.15) is 11.8 Å². The number of likely N-dealkylation sites (N-methyl/N-ethyl adjacent to an activating group) is 1. The number of hydrogen-bond acceptors (Lipinski definition) is 5. The minimum absolute atomic E-state index is 0.000713. The summed E-state index contributed by atoms with van der Waals surface area (Å²) in [7, 11) is 1.83. The number of para-hydroxylation sites is 1. The summed E-state index contributed by atoms with van der Waals surface area (Å²) in [5.74, 6) is 0.161. The van der Waals surface area contributed by atoms with Gasteiger partial charge >= 0.3 is 0 Å². The average Bonchev–Trinajstić information content (AvgIpc) is 3.13. The zero-order valence-electron chi connectivity index (χ0n) is 22.0. The molecule has 0 aromatic heterocycles. The summed E-state index contributed by atoms with van der Waals surface area (Å²) in [5.41, 5.74) is 5.32. The molecule has 2 aromatic rings. The van der Waals surface area contributed by atoms with Gasteiger partial charge in [0.05, 0.1) is 17.6 Å². The Morgan fingerprint density at radius 3 is 2.43 bits per heavy atom. The van der Waals surface area contributed by atoms with Crippen LogP contribution in [-0.4, -0.2) is 72.4 Å². The molecule has 8 heteroatoms. The van der Waals surface area contributed by atoms with E-state index in [1.165, 1.54) is 0 Å². The Morgan fingerprint density at radius 2 is 1.78 bits per heavy atom. The van der Waals surface area contributed by atoms with Crippen LogP contribution in [0.4, 0.5) is 0 Å². The number of hydrogen-bond donors (Lipinski definition) is 2. The van der Waals surface area contributed by atoms with Gasteiger partial charge in [-0.1, -0.05) is 48.5 Å². The van der Waals surface area contributed by atoms with E-state index in [9.17, 15) is 14.4 Å². The third-order valence-corrected chi connectivity index (χ3v) is 7.54. The molecule has 4 rings (SSSR count). The van der Waals surface area contributed by atoms with Crippen molar-refractivity contribution in [3.8, 4) is 5.75 Å². The molecule has 3 atom stereocenters. The molecule has 3 N–H and O–H groups in total. The Hall–Kier alpha value is -3.39. The van der Waals surface area contributed by atoms with Crippen molar-refractivity contribution in [2.24, 2.45) is 11.1 Å². The topological polar surface area (TPSA) is 105 Å². The van der Waals surface area contributed by atoms with Crippen molar-refractivity contribution in [1.82, 2.24) is 15.1 Å². The van der Waals surface area contributed by atoms with Crippen LogP contribution >= 0.6 is 0 Å². The third-order valence-electron chi connectivity index (χ3n) is 7.54. The number of nitrogens with zero attached hydrogens (tertiary/aromatic N) is 2.